The SMILES string of the molecule is CCc1ccccc1OCC(O)COc1ccccc1N. The molecule has 0 radical (unpaired) electrons. The second-order valence-corrected chi connectivity index (χ2v) is 4.77. The van der Waals surface area contributed by atoms with Crippen LogP contribution in [-0.4, -0.2) is 24.4 Å². The highest BCUT2D eigenvalue weighted by Crippen LogP contribution is 2.20. The second kappa shape index (κ2) is 7.55. The molecule has 112 valence electrons. The van der Waals surface area contributed by atoms with Gasteiger partial charge in [0.25, 0.3) is 0 Å². The minimum Gasteiger partial charge on any atom is -0.490 e. The van der Waals surface area contributed by atoms with Gasteiger partial charge in [-0.25, -0.2) is 0 Å². The molecule has 1 atom stereocenters. The molecule has 0 aliphatic carbocycles. The van der Waals surface area contributed by atoms with E-state index in [1.165, 1.54) is 0 Å². The molecule has 2 rings (SSSR count). The van der Waals surface area contributed by atoms with Crippen LogP contribution in [0.5, 0.6) is 11.5 Å². The van der Waals surface area contributed by atoms with Crippen LogP contribution in [0.3, 0.4) is 0 Å². The quantitative estimate of drug-likeness (QED) is 0.768. The first-order valence-electron chi connectivity index (χ1n) is 7.06. The van der Waals surface area contributed by atoms with Crippen LogP contribution in [0.25, 0.3) is 0 Å². The average molecular weight is 287 g/mol. The molecular formula is C17H21NO3. The number of hydrogen-bond donors (Lipinski definition) is 2. The standard InChI is InChI=1S/C17H21NO3/c1-2-13-7-3-5-9-16(13)20-11-14(19)12-21-17-10-6-4-8-15(17)18/h3-10,14,19H,2,11-12,18H2,1H3. The Kier molecular flexibility index (Phi) is 5.46. The Morgan fingerprint density at radius 3 is 2.19 bits per heavy atom. The predicted octanol–water partition coefficient (Wildman–Crippen LogP) is 2.65. The van der Waals surface area contributed by atoms with Crippen molar-refractivity contribution in [3.05, 3.63) is 54.1 Å². The Hall–Kier alpha value is -2.20. The Morgan fingerprint density at radius 2 is 1.52 bits per heavy atom. The first kappa shape index (κ1) is 15.2. The van der Waals surface area contributed by atoms with Crippen molar-refractivity contribution in [3.63, 3.8) is 0 Å². The highest BCUT2D eigenvalue weighted by atomic mass is 16.5. The number of aryl methyl sites for hydroxylation is 1. The van der Waals surface area contributed by atoms with Gasteiger partial charge in [0.05, 0.1) is 5.69 Å². The maximum atomic E-state index is 9.94. The van der Waals surface area contributed by atoms with Crippen molar-refractivity contribution in [1.29, 1.82) is 0 Å². The monoisotopic (exact) mass is 287 g/mol. The summed E-state index contributed by atoms with van der Waals surface area (Å²) in [6.07, 6.45) is 0.179. The summed E-state index contributed by atoms with van der Waals surface area (Å²) in [5.74, 6) is 1.38. The molecule has 0 aromatic heterocycles. The molecule has 0 saturated heterocycles. The van der Waals surface area contributed by atoms with E-state index in [0.717, 1.165) is 17.7 Å². The van der Waals surface area contributed by atoms with Gasteiger partial charge < -0.3 is 20.3 Å². The summed E-state index contributed by atoms with van der Waals surface area (Å²) in [6, 6.07) is 15.0. The minimum atomic E-state index is -0.713. The molecule has 0 heterocycles. The lowest BCUT2D eigenvalue weighted by atomic mass is 10.1. The predicted molar refractivity (Wildman–Crippen MR) is 83.7 cm³/mol. The zero-order valence-electron chi connectivity index (χ0n) is 12.2. The van der Waals surface area contributed by atoms with Crippen molar-refractivity contribution in [2.75, 3.05) is 18.9 Å². The van der Waals surface area contributed by atoms with E-state index < -0.39 is 6.10 Å². The van der Waals surface area contributed by atoms with E-state index in [4.69, 9.17) is 15.2 Å². The minimum absolute atomic E-state index is 0.141. The molecule has 0 amide bonds. The van der Waals surface area contributed by atoms with Crippen LogP contribution < -0.4 is 15.2 Å². The summed E-state index contributed by atoms with van der Waals surface area (Å²) in [6.45, 7) is 2.40. The largest absolute Gasteiger partial charge is 0.490 e. The van der Waals surface area contributed by atoms with Gasteiger partial charge in [0.2, 0.25) is 0 Å². The van der Waals surface area contributed by atoms with Gasteiger partial charge in [0.15, 0.2) is 0 Å². The Bertz CT molecular complexity index is 571. The molecule has 0 aliphatic rings. The maximum absolute atomic E-state index is 9.94. The first-order chi connectivity index (χ1) is 10.2. The third kappa shape index (κ3) is 4.39. The van der Waals surface area contributed by atoms with E-state index in [1.54, 1.807) is 12.1 Å². The van der Waals surface area contributed by atoms with E-state index in [9.17, 15) is 5.11 Å². The zero-order chi connectivity index (χ0) is 15.1. The number of hydrogen-bond acceptors (Lipinski definition) is 4. The third-order valence-corrected chi connectivity index (χ3v) is 3.13. The molecule has 0 saturated carbocycles. The Labute approximate surface area is 125 Å². The van der Waals surface area contributed by atoms with Crippen LogP contribution >= 0.6 is 0 Å². The van der Waals surface area contributed by atoms with E-state index in [1.807, 2.05) is 36.4 Å². The van der Waals surface area contributed by atoms with Gasteiger partial charge in [-0.2, -0.15) is 0 Å². The van der Waals surface area contributed by atoms with Crippen molar-refractivity contribution in [2.24, 2.45) is 0 Å². The molecule has 21 heavy (non-hydrogen) atoms. The van der Waals surface area contributed by atoms with Gasteiger partial charge in [0, 0.05) is 0 Å². The Balaban J connectivity index is 1.82. The van der Waals surface area contributed by atoms with Crippen molar-refractivity contribution >= 4 is 5.69 Å². The molecule has 1 unspecified atom stereocenters. The number of nitrogens with two attached hydrogens (primary N) is 1. The smallest absolute Gasteiger partial charge is 0.142 e. The lowest BCUT2D eigenvalue weighted by molar-refractivity contribution is 0.0626. The van der Waals surface area contributed by atoms with Gasteiger partial charge >= 0.3 is 0 Å². The second-order valence-electron chi connectivity index (χ2n) is 4.77. The summed E-state index contributed by atoms with van der Waals surface area (Å²) in [5, 5.41) is 9.94. The number of anilines is 1. The van der Waals surface area contributed by atoms with Crippen molar-refractivity contribution in [3.8, 4) is 11.5 Å². The molecule has 0 bridgehead atoms. The fraction of sp³-hybridized carbons (Fsp3) is 0.294. The lowest BCUT2D eigenvalue weighted by Crippen LogP contribution is -2.25. The van der Waals surface area contributed by atoms with Crippen LogP contribution in [0.1, 0.15) is 12.5 Å². The topological polar surface area (TPSA) is 64.7 Å². The summed E-state index contributed by atoms with van der Waals surface area (Å²) >= 11 is 0. The normalized spacial score (nSPS) is 11.9. The molecule has 0 spiro atoms. The van der Waals surface area contributed by atoms with Crippen LogP contribution in [0.4, 0.5) is 5.69 Å². The summed E-state index contributed by atoms with van der Waals surface area (Å²) in [4.78, 5) is 0. The number of nitrogen functional groups attached to an aromatic ring is 1. The summed E-state index contributed by atoms with van der Waals surface area (Å²) in [7, 11) is 0. The molecular weight excluding hydrogens is 266 g/mol. The highest BCUT2D eigenvalue weighted by molar-refractivity contribution is 5.51. The number of benzene rings is 2. The maximum Gasteiger partial charge on any atom is 0.142 e. The number of aliphatic hydroxyl groups excluding tert-OH is 1. The van der Waals surface area contributed by atoms with E-state index in [-0.39, 0.29) is 13.2 Å². The van der Waals surface area contributed by atoms with Crippen LogP contribution in [0, 0.1) is 0 Å². The number of ether oxygens (including phenoxy) is 2. The van der Waals surface area contributed by atoms with Gasteiger partial charge in [0.1, 0.15) is 30.8 Å². The zero-order valence-corrected chi connectivity index (χ0v) is 12.2. The van der Waals surface area contributed by atoms with E-state index in [0.29, 0.717) is 11.4 Å². The van der Waals surface area contributed by atoms with Crippen LogP contribution in [0.2, 0.25) is 0 Å². The molecule has 0 fully saturated rings. The first-order valence-corrected chi connectivity index (χ1v) is 7.06. The highest BCUT2D eigenvalue weighted by Gasteiger charge is 2.09. The fourth-order valence-electron chi connectivity index (χ4n) is 1.97. The fourth-order valence-corrected chi connectivity index (χ4v) is 1.97. The van der Waals surface area contributed by atoms with E-state index >= 15 is 0 Å². The van der Waals surface area contributed by atoms with Crippen LogP contribution in [-0.2, 0) is 6.42 Å². The number of rotatable bonds is 7. The molecule has 2 aromatic carbocycles. The number of para-hydroxylation sites is 3. The molecule has 2 aromatic rings. The Morgan fingerprint density at radius 1 is 0.952 bits per heavy atom. The van der Waals surface area contributed by atoms with Gasteiger partial charge in [-0.3, -0.25) is 0 Å². The molecule has 3 N–H and O–H groups in total. The number of aliphatic hydroxyl groups is 1. The average Bonchev–Trinajstić information content (AvgIpc) is 2.52. The molecule has 4 nitrogen and oxygen atoms in total. The summed E-state index contributed by atoms with van der Waals surface area (Å²) < 4.78 is 11.1. The molecule has 4 heteroatoms. The summed E-state index contributed by atoms with van der Waals surface area (Å²) in [5.41, 5.74) is 7.45. The van der Waals surface area contributed by atoms with Gasteiger partial charge in [-0.15, -0.1) is 0 Å². The van der Waals surface area contributed by atoms with Gasteiger partial charge in [-0.05, 0) is 30.2 Å². The van der Waals surface area contributed by atoms with Gasteiger partial charge in [-0.1, -0.05) is 37.3 Å². The van der Waals surface area contributed by atoms with E-state index in [2.05, 4.69) is 6.92 Å². The van der Waals surface area contributed by atoms with Crippen LogP contribution in [0.15, 0.2) is 48.5 Å². The lowest BCUT2D eigenvalue weighted by Gasteiger charge is -2.16. The van der Waals surface area contributed by atoms with Crippen molar-refractivity contribution < 1.29 is 14.6 Å². The molecule has 0 aliphatic heterocycles. The third-order valence-electron chi connectivity index (χ3n) is 3.13. The van der Waals surface area contributed by atoms with Crippen molar-refractivity contribution in [2.45, 2.75) is 19.4 Å². The van der Waals surface area contributed by atoms with Crippen molar-refractivity contribution in [1.82, 2.24) is 0 Å².